The molecule has 3 aromatic rings. The Kier molecular flexibility index (Phi) is 7.71. The van der Waals surface area contributed by atoms with Gasteiger partial charge in [-0.3, -0.25) is 4.79 Å². The van der Waals surface area contributed by atoms with Crippen LogP contribution >= 0.6 is 0 Å². The summed E-state index contributed by atoms with van der Waals surface area (Å²) in [6.45, 7) is 4.95. The summed E-state index contributed by atoms with van der Waals surface area (Å²) in [6, 6.07) is 11.4. The van der Waals surface area contributed by atoms with E-state index < -0.39 is 6.36 Å². The fourth-order valence-corrected chi connectivity index (χ4v) is 4.20. The molecule has 7 nitrogen and oxygen atoms in total. The number of nitrogens with zero attached hydrogens (tertiary/aromatic N) is 4. The fourth-order valence-electron chi connectivity index (χ4n) is 4.20. The lowest BCUT2D eigenvalue weighted by atomic mass is 9.97. The van der Waals surface area contributed by atoms with E-state index in [9.17, 15) is 18.0 Å². The Bertz CT molecular complexity index is 1190. The highest BCUT2D eigenvalue weighted by atomic mass is 19.4. The first-order valence-electron chi connectivity index (χ1n) is 11.7. The third-order valence-electron chi connectivity index (χ3n) is 6.04. The van der Waals surface area contributed by atoms with Gasteiger partial charge in [0.25, 0.3) is 0 Å². The van der Waals surface area contributed by atoms with Crippen molar-refractivity contribution in [1.29, 1.82) is 0 Å². The number of carbonyl (C=O) groups excluding carboxylic acids is 1. The predicted molar refractivity (Wildman–Crippen MR) is 127 cm³/mol. The van der Waals surface area contributed by atoms with Crippen LogP contribution in [0.15, 0.2) is 48.8 Å². The number of benzene rings is 2. The molecule has 0 N–H and O–H groups in total. The van der Waals surface area contributed by atoms with E-state index in [1.165, 1.54) is 30.6 Å². The predicted octanol–water partition coefficient (Wildman–Crippen LogP) is 4.85. The number of hydrogen-bond donors (Lipinski definition) is 0. The molecule has 1 aliphatic rings. The zero-order chi connectivity index (χ0) is 25.7. The Morgan fingerprint density at radius 1 is 1.03 bits per heavy atom. The van der Waals surface area contributed by atoms with Crippen molar-refractivity contribution in [3.05, 3.63) is 71.3 Å². The van der Waals surface area contributed by atoms with Gasteiger partial charge < -0.3 is 14.4 Å². The van der Waals surface area contributed by atoms with Crippen LogP contribution in [-0.2, 0) is 17.6 Å². The number of carbonyl (C=O) groups is 1. The highest BCUT2D eigenvalue weighted by molar-refractivity contribution is 5.78. The van der Waals surface area contributed by atoms with Gasteiger partial charge in [0.1, 0.15) is 35.5 Å². The highest BCUT2D eigenvalue weighted by Gasteiger charge is 2.31. The van der Waals surface area contributed by atoms with Crippen LogP contribution in [0.4, 0.5) is 19.1 Å². The first-order chi connectivity index (χ1) is 17.2. The van der Waals surface area contributed by atoms with Gasteiger partial charge in [-0.15, -0.1) is 13.2 Å². The van der Waals surface area contributed by atoms with E-state index in [2.05, 4.69) is 24.6 Å². The van der Waals surface area contributed by atoms with Crippen molar-refractivity contribution < 1.29 is 27.4 Å². The maximum absolute atomic E-state index is 12.3. The molecule has 1 aromatic heterocycles. The molecule has 0 bridgehead atoms. The Morgan fingerprint density at radius 2 is 1.69 bits per heavy atom. The number of aromatic nitrogens is 3. The fraction of sp³-hybridized carbons (Fsp3) is 0.385. The number of alkyl halides is 3. The quantitative estimate of drug-likeness (QED) is 0.438. The lowest BCUT2D eigenvalue weighted by Crippen LogP contribution is -2.39. The first kappa shape index (κ1) is 25.4. The van der Waals surface area contributed by atoms with Gasteiger partial charge >= 0.3 is 6.36 Å². The lowest BCUT2D eigenvalue weighted by Gasteiger charge is -2.32. The number of anilines is 1. The minimum atomic E-state index is -4.72. The second kappa shape index (κ2) is 10.9. The van der Waals surface area contributed by atoms with Gasteiger partial charge in [0, 0.05) is 38.8 Å². The van der Waals surface area contributed by atoms with Gasteiger partial charge in [-0.1, -0.05) is 18.2 Å². The minimum absolute atomic E-state index is 0.0661. The molecule has 0 atom stereocenters. The molecule has 1 fully saturated rings. The van der Waals surface area contributed by atoms with Crippen molar-refractivity contribution >= 4 is 11.7 Å². The van der Waals surface area contributed by atoms with E-state index in [0.29, 0.717) is 56.3 Å². The Balaban J connectivity index is 1.34. The van der Waals surface area contributed by atoms with E-state index in [1.807, 2.05) is 25.1 Å². The summed E-state index contributed by atoms with van der Waals surface area (Å²) in [5.41, 5.74) is 3.16. The van der Waals surface area contributed by atoms with Crippen molar-refractivity contribution in [2.75, 3.05) is 18.0 Å². The third kappa shape index (κ3) is 6.93. The normalized spacial score (nSPS) is 14.5. The second-order valence-electron chi connectivity index (χ2n) is 8.78. The van der Waals surface area contributed by atoms with E-state index in [4.69, 9.17) is 4.74 Å². The molecule has 0 aliphatic carbocycles. The molecule has 190 valence electrons. The number of hydrogen-bond acceptors (Lipinski definition) is 7. The third-order valence-corrected chi connectivity index (χ3v) is 6.04. The number of rotatable bonds is 8. The summed E-state index contributed by atoms with van der Waals surface area (Å²) in [5.74, 6) is 1.59. The smallest absolute Gasteiger partial charge is 0.490 e. The first-order valence-corrected chi connectivity index (χ1v) is 11.7. The van der Waals surface area contributed by atoms with Crippen LogP contribution in [0.1, 0.15) is 42.3 Å². The van der Waals surface area contributed by atoms with Crippen LogP contribution in [0.5, 0.6) is 11.5 Å². The molecule has 0 amide bonds. The van der Waals surface area contributed by atoms with Gasteiger partial charge in [0.2, 0.25) is 5.95 Å². The monoisotopic (exact) mass is 500 g/mol. The maximum Gasteiger partial charge on any atom is 0.573 e. The van der Waals surface area contributed by atoms with Crippen molar-refractivity contribution in [3.63, 3.8) is 0 Å². The van der Waals surface area contributed by atoms with Gasteiger partial charge in [-0.05, 0) is 54.8 Å². The Morgan fingerprint density at radius 3 is 2.36 bits per heavy atom. The summed E-state index contributed by atoms with van der Waals surface area (Å²) in [4.78, 5) is 27.0. The average molecular weight is 501 g/mol. The molecular formula is C26H27F3N4O3. The topological polar surface area (TPSA) is 77.4 Å². The highest BCUT2D eigenvalue weighted by Crippen LogP contribution is 2.27. The van der Waals surface area contributed by atoms with Crippen molar-refractivity contribution in [2.45, 2.75) is 52.0 Å². The zero-order valence-corrected chi connectivity index (χ0v) is 20.1. The average Bonchev–Trinajstić information content (AvgIpc) is 2.82. The van der Waals surface area contributed by atoms with E-state index in [1.54, 1.807) is 6.92 Å². The van der Waals surface area contributed by atoms with E-state index in [0.717, 1.165) is 16.7 Å². The summed E-state index contributed by atoms with van der Waals surface area (Å²) in [6.07, 6.45) is -0.890. The van der Waals surface area contributed by atoms with Gasteiger partial charge in [0.15, 0.2) is 0 Å². The summed E-state index contributed by atoms with van der Waals surface area (Å²) < 4.78 is 46.8. The van der Waals surface area contributed by atoms with E-state index in [-0.39, 0.29) is 17.6 Å². The Hall–Kier alpha value is -3.69. The molecule has 36 heavy (non-hydrogen) atoms. The van der Waals surface area contributed by atoms with Crippen LogP contribution in [0.25, 0.3) is 0 Å². The molecule has 1 saturated heterocycles. The molecule has 2 heterocycles. The van der Waals surface area contributed by atoms with Crippen molar-refractivity contribution in [2.24, 2.45) is 0 Å². The van der Waals surface area contributed by atoms with Crippen LogP contribution in [0.2, 0.25) is 0 Å². The van der Waals surface area contributed by atoms with Crippen LogP contribution in [-0.4, -0.2) is 46.3 Å². The number of Topliss-reactive ketones (excluding diaryl/α,β-unsaturated/α-hetero) is 1. The van der Waals surface area contributed by atoms with Gasteiger partial charge in [-0.2, -0.15) is 4.98 Å². The number of ether oxygens (including phenoxy) is 2. The molecular weight excluding hydrogens is 473 g/mol. The van der Waals surface area contributed by atoms with Crippen LogP contribution in [0.3, 0.4) is 0 Å². The standard InChI is InChI=1S/C26H27F3N4O3/c1-17(34)14-19-4-3-5-20(18(19)2)15-24-30-16-31-25(32-24)33-12-10-22(11-13-33)35-21-6-8-23(9-7-21)36-26(27,28)29/h3-9,16,22H,10-15H2,1-2H3. The van der Waals surface area contributed by atoms with Crippen LogP contribution < -0.4 is 14.4 Å². The largest absolute Gasteiger partial charge is 0.573 e. The summed E-state index contributed by atoms with van der Waals surface area (Å²) in [7, 11) is 0. The molecule has 10 heteroatoms. The molecule has 0 spiro atoms. The second-order valence-corrected chi connectivity index (χ2v) is 8.78. The molecule has 4 rings (SSSR count). The number of halogens is 3. The molecule has 0 radical (unpaired) electrons. The summed E-state index contributed by atoms with van der Waals surface area (Å²) >= 11 is 0. The van der Waals surface area contributed by atoms with E-state index >= 15 is 0 Å². The molecule has 0 saturated carbocycles. The zero-order valence-electron chi connectivity index (χ0n) is 20.1. The molecule has 2 aromatic carbocycles. The van der Waals surface area contributed by atoms with Crippen LogP contribution in [0, 0.1) is 6.92 Å². The minimum Gasteiger partial charge on any atom is -0.490 e. The molecule has 1 aliphatic heterocycles. The number of piperidine rings is 1. The van der Waals surface area contributed by atoms with Crippen molar-refractivity contribution in [1.82, 2.24) is 15.0 Å². The van der Waals surface area contributed by atoms with Gasteiger partial charge in [0.05, 0.1) is 0 Å². The van der Waals surface area contributed by atoms with Gasteiger partial charge in [-0.25, -0.2) is 9.97 Å². The summed E-state index contributed by atoms with van der Waals surface area (Å²) in [5, 5.41) is 0. The Labute approximate surface area is 207 Å². The SMILES string of the molecule is CC(=O)Cc1cccc(Cc2ncnc(N3CCC(Oc4ccc(OC(F)(F)F)cc4)CC3)n2)c1C. The van der Waals surface area contributed by atoms with Crippen molar-refractivity contribution in [3.8, 4) is 11.5 Å². The lowest BCUT2D eigenvalue weighted by molar-refractivity contribution is -0.274. The maximum atomic E-state index is 12.3. The number of ketones is 1. The molecule has 0 unspecified atom stereocenters.